The van der Waals surface area contributed by atoms with E-state index in [1.165, 1.54) is 18.2 Å². The van der Waals surface area contributed by atoms with Crippen molar-refractivity contribution in [2.24, 2.45) is 16.8 Å². The first-order valence-electron chi connectivity index (χ1n) is 8.36. The first-order valence-corrected chi connectivity index (χ1v) is 9.61. The van der Waals surface area contributed by atoms with Crippen molar-refractivity contribution < 1.29 is 9.59 Å². The maximum Gasteiger partial charge on any atom is 0.240 e. The van der Waals surface area contributed by atoms with E-state index >= 15 is 0 Å². The molecule has 1 saturated carbocycles. The van der Waals surface area contributed by atoms with Crippen LogP contribution < -0.4 is 10.6 Å². The molecule has 7 heteroatoms. The predicted molar refractivity (Wildman–Crippen MR) is 101 cm³/mol. The topological polar surface area (TPSA) is 70.6 Å². The Morgan fingerprint density at radius 3 is 2.76 bits per heavy atom. The quantitative estimate of drug-likeness (QED) is 0.794. The molecule has 0 aromatic heterocycles. The van der Waals surface area contributed by atoms with Crippen LogP contribution in [0.3, 0.4) is 0 Å². The molecular formula is C18H18ClN3O2S. The van der Waals surface area contributed by atoms with Gasteiger partial charge in [-0.05, 0) is 48.9 Å². The van der Waals surface area contributed by atoms with Crippen LogP contribution in [0, 0.1) is 11.8 Å². The maximum absolute atomic E-state index is 12.2. The van der Waals surface area contributed by atoms with Crippen LogP contribution in [0.1, 0.15) is 19.3 Å². The highest BCUT2D eigenvalue weighted by molar-refractivity contribution is 8.15. The summed E-state index contributed by atoms with van der Waals surface area (Å²) in [7, 11) is 0. The summed E-state index contributed by atoms with van der Waals surface area (Å²) < 4.78 is 0. The minimum Gasteiger partial charge on any atom is -0.326 e. The number of nitrogens with one attached hydrogen (secondary N) is 2. The van der Waals surface area contributed by atoms with E-state index in [1.54, 1.807) is 24.3 Å². The average Bonchev–Trinajstić information content (AvgIpc) is 3.27. The number of hydrogen-bond donors (Lipinski definition) is 2. The second kappa shape index (κ2) is 6.84. The van der Waals surface area contributed by atoms with Crippen LogP contribution in [0.5, 0.6) is 0 Å². The van der Waals surface area contributed by atoms with E-state index in [1.807, 2.05) is 0 Å². The zero-order valence-corrected chi connectivity index (χ0v) is 15.0. The van der Waals surface area contributed by atoms with Crippen molar-refractivity contribution >= 4 is 46.0 Å². The molecule has 2 aliphatic carbocycles. The second-order valence-electron chi connectivity index (χ2n) is 6.64. The number of amides is 2. The Hall–Kier alpha value is -1.79. The van der Waals surface area contributed by atoms with Gasteiger partial charge >= 0.3 is 0 Å². The zero-order chi connectivity index (χ0) is 17.4. The Morgan fingerprint density at radius 2 is 2.08 bits per heavy atom. The first kappa shape index (κ1) is 16.7. The number of carbonyl (C=O) groups excluding carboxylic acids is 2. The van der Waals surface area contributed by atoms with Gasteiger partial charge < -0.3 is 10.6 Å². The Morgan fingerprint density at radius 1 is 1.28 bits per heavy atom. The van der Waals surface area contributed by atoms with Crippen molar-refractivity contribution in [1.82, 2.24) is 5.32 Å². The van der Waals surface area contributed by atoms with Gasteiger partial charge in [0.1, 0.15) is 5.25 Å². The van der Waals surface area contributed by atoms with Gasteiger partial charge in [-0.1, -0.05) is 35.5 Å². The average molecular weight is 376 g/mol. The molecule has 2 N–H and O–H groups in total. The monoisotopic (exact) mass is 375 g/mol. The third-order valence-electron chi connectivity index (χ3n) is 4.80. The van der Waals surface area contributed by atoms with Gasteiger partial charge in [-0.25, -0.2) is 0 Å². The molecule has 130 valence electrons. The molecule has 5 nitrogen and oxygen atoms in total. The summed E-state index contributed by atoms with van der Waals surface area (Å²) in [5.74, 6) is 0.803. The fourth-order valence-electron chi connectivity index (χ4n) is 3.57. The summed E-state index contributed by atoms with van der Waals surface area (Å²) in [5.41, 5.74) is 0.667. The van der Waals surface area contributed by atoms with Crippen LogP contribution in [0.15, 0.2) is 41.4 Å². The molecule has 2 amide bonds. The minimum atomic E-state index is -0.430. The summed E-state index contributed by atoms with van der Waals surface area (Å²) in [4.78, 5) is 29.0. The van der Waals surface area contributed by atoms with E-state index < -0.39 is 5.25 Å². The third-order valence-corrected chi connectivity index (χ3v) is 6.15. The number of hydrogen-bond acceptors (Lipinski definition) is 4. The molecule has 0 unspecified atom stereocenters. The number of allylic oxidation sites excluding steroid dienone is 1. The SMILES string of the molecule is O=C(C[C@@H]1SC(=N[C@H]2C[C@@H]3C=C[C@@H]2C3)NC1=O)Nc1ccc(Cl)cc1. The number of rotatable bonds is 4. The smallest absolute Gasteiger partial charge is 0.240 e. The third kappa shape index (κ3) is 3.75. The Kier molecular flexibility index (Phi) is 4.56. The number of fused-ring (bicyclic) bond motifs is 2. The Bertz CT molecular complexity index is 762. The molecule has 25 heavy (non-hydrogen) atoms. The van der Waals surface area contributed by atoms with Crippen LogP contribution in [0.2, 0.25) is 5.02 Å². The molecule has 2 bridgehead atoms. The van der Waals surface area contributed by atoms with E-state index in [-0.39, 0.29) is 24.3 Å². The number of benzene rings is 1. The second-order valence-corrected chi connectivity index (χ2v) is 8.26. The number of anilines is 1. The van der Waals surface area contributed by atoms with Crippen LogP contribution in [0.4, 0.5) is 5.69 Å². The number of amidine groups is 1. The fraction of sp³-hybridized carbons (Fsp3) is 0.389. The van der Waals surface area contributed by atoms with Crippen molar-refractivity contribution in [1.29, 1.82) is 0 Å². The van der Waals surface area contributed by atoms with Crippen molar-refractivity contribution in [3.63, 3.8) is 0 Å². The lowest BCUT2D eigenvalue weighted by atomic mass is 10.0. The molecule has 4 atom stereocenters. The van der Waals surface area contributed by atoms with Crippen molar-refractivity contribution in [3.05, 3.63) is 41.4 Å². The molecule has 2 fully saturated rings. The van der Waals surface area contributed by atoms with Crippen LogP contribution in [0.25, 0.3) is 0 Å². The standard InChI is InChI=1S/C18H18ClN3O2S/c19-12-3-5-13(6-4-12)20-16(23)9-15-17(24)22-18(25-15)21-14-8-10-1-2-11(14)7-10/h1-6,10-11,14-15H,7-9H2,(H,20,23)(H,21,22,24)/t10-,11-,14+,15+/m1/s1. The van der Waals surface area contributed by atoms with Crippen LogP contribution in [-0.4, -0.2) is 28.3 Å². The van der Waals surface area contributed by atoms with Gasteiger partial charge in [0, 0.05) is 17.1 Å². The van der Waals surface area contributed by atoms with E-state index in [4.69, 9.17) is 16.6 Å². The van der Waals surface area contributed by atoms with Gasteiger partial charge in [-0.2, -0.15) is 0 Å². The maximum atomic E-state index is 12.2. The summed E-state index contributed by atoms with van der Waals surface area (Å²) in [6.07, 6.45) is 6.86. The lowest BCUT2D eigenvalue weighted by molar-refractivity contribution is -0.122. The van der Waals surface area contributed by atoms with Crippen LogP contribution in [-0.2, 0) is 9.59 Å². The minimum absolute atomic E-state index is 0.120. The van der Waals surface area contributed by atoms with Gasteiger partial charge in [-0.3, -0.25) is 14.6 Å². The normalized spacial score (nSPS) is 31.6. The summed E-state index contributed by atoms with van der Waals surface area (Å²) in [6, 6.07) is 7.15. The highest BCUT2D eigenvalue weighted by Crippen LogP contribution is 2.41. The van der Waals surface area contributed by atoms with E-state index in [0.717, 1.165) is 6.42 Å². The molecule has 0 radical (unpaired) electrons. The molecule has 1 aromatic rings. The molecule has 3 aliphatic rings. The summed E-state index contributed by atoms with van der Waals surface area (Å²) >= 11 is 7.19. The zero-order valence-electron chi connectivity index (χ0n) is 13.4. The van der Waals surface area contributed by atoms with E-state index in [0.29, 0.717) is 27.7 Å². The van der Waals surface area contributed by atoms with Crippen molar-refractivity contribution in [2.45, 2.75) is 30.6 Å². The molecule has 1 heterocycles. The molecule has 0 spiro atoms. The number of nitrogens with zero attached hydrogens (tertiary/aromatic N) is 1. The van der Waals surface area contributed by atoms with Gasteiger partial charge in [-0.15, -0.1) is 0 Å². The number of carbonyl (C=O) groups is 2. The van der Waals surface area contributed by atoms with Crippen molar-refractivity contribution in [2.75, 3.05) is 5.32 Å². The van der Waals surface area contributed by atoms with E-state index in [9.17, 15) is 9.59 Å². The highest BCUT2D eigenvalue weighted by atomic mass is 35.5. The van der Waals surface area contributed by atoms with Gasteiger partial charge in [0.25, 0.3) is 0 Å². The predicted octanol–water partition coefficient (Wildman–Crippen LogP) is 3.22. The lowest BCUT2D eigenvalue weighted by Crippen LogP contribution is -2.28. The first-order chi connectivity index (χ1) is 12.1. The van der Waals surface area contributed by atoms with E-state index in [2.05, 4.69) is 22.8 Å². The molecular weight excluding hydrogens is 358 g/mol. The molecule has 1 aliphatic heterocycles. The summed E-state index contributed by atoms with van der Waals surface area (Å²) in [5, 5.41) is 6.44. The molecule has 1 saturated heterocycles. The highest BCUT2D eigenvalue weighted by Gasteiger charge is 2.38. The van der Waals surface area contributed by atoms with Crippen molar-refractivity contribution in [3.8, 4) is 0 Å². The fourth-order valence-corrected chi connectivity index (χ4v) is 4.72. The number of halogens is 1. The van der Waals surface area contributed by atoms with Gasteiger partial charge in [0.15, 0.2) is 5.17 Å². The van der Waals surface area contributed by atoms with Crippen LogP contribution >= 0.6 is 23.4 Å². The number of aliphatic imine (C=N–C) groups is 1. The molecule has 1 aromatic carbocycles. The van der Waals surface area contributed by atoms with Gasteiger partial charge in [0.05, 0.1) is 6.04 Å². The largest absolute Gasteiger partial charge is 0.326 e. The Balaban J connectivity index is 1.33. The van der Waals surface area contributed by atoms with Gasteiger partial charge in [0.2, 0.25) is 11.8 Å². The lowest BCUT2D eigenvalue weighted by Gasteiger charge is -2.13. The number of thioether (sulfide) groups is 1. The Labute approximate surface area is 155 Å². The molecule has 4 rings (SSSR count). The summed E-state index contributed by atoms with van der Waals surface area (Å²) in [6.45, 7) is 0.